The number of hydrogen-bond donors (Lipinski definition) is 1. The number of benzene rings is 2. The molecule has 1 aliphatic heterocycles. The van der Waals surface area contributed by atoms with Gasteiger partial charge in [-0.1, -0.05) is 36.4 Å². The third-order valence-corrected chi connectivity index (χ3v) is 6.09. The maximum absolute atomic E-state index is 13.4. The van der Waals surface area contributed by atoms with Gasteiger partial charge in [-0.25, -0.2) is 4.68 Å². The number of aromatic nitrogens is 2. The predicted molar refractivity (Wildman–Crippen MR) is 124 cm³/mol. The average molecular weight is 463 g/mol. The van der Waals surface area contributed by atoms with E-state index in [0.29, 0.717) is 17.1 Å². The molecule has 5 rings (SSSR count). The minimum atomic E-state index is -0.917. The van der Waals surface area contributed by atoms with Crippen molar-refractivity contribution in [3.05, 3.63) is 76.7 Å². The molecule has 0 unspecified atom stereocenters. The molecule has 0 amide bonds. The van der Waals surface area contributed by atoms with Gasteiger partial charge in [-0.05, 0) is 37.1 Å². The fourth-order valence-corrected chi connectivity index (χ4v) is 4.50. The summed E-state index contributed by atoms with van der Waals surface area (Å²) in [6, 6.07) is 18.2. The zero-order valence-corrected chi connectivity index (χ0v) is 18.8. The lowest BCUT2D eigenvalue weighted by atomic mass is 10.1. The summed E-state index contributed by atoms with van der Waals surface area (Å²) >= 11 is 0. The third-order valence-electron chi connectivity index (χ3n) is 6.09. The Labute approximate surface area is 196 Å². The van der Waals surface area contributed by atoms with Crippen molar-refractivity contribution in [1.82, 2.24) is 9.78 Å². The lowest BCUT2D eigenvalue weighted by Gasteiger charge is -2.25. The van der Waals surface area contributed by atoms with E-state index in [1.54, 1.807) is 24.3 Å². The van der Waals surface area contributed by atoms with Crippen LogP contribution in [0, 0.1) is 0 Å². The molecule has 34 heavy (non-hydrogen) atoms. The fraction of sp³-hybridized carbons (Fsp3) is 0.360. The number of hydrogen-bond acceptors (Lipinski definition) is 7. The highest BCUT2D eigenvalue weighted by atomic mass is 16.8. The number of para-hydroxylation sites is 1. The number of carbonyl (C=O) groups excluding carboxylic acids is 1. The molecule has 3 aromatic rings. The van der Waals surface area contributed by atoms with Crippen molar-refractivity contribution < 1.29 is 19.0 Å². The lowest BCUT2D eigenvalue weighted by molar-refractivity contribution is -0.182. The summed E-state index contributed by atoms with van der Waals surface area (Å²) < 4.78 is 19.4. The van der Waals surface area contributed by atoms with E-state index < -0.39 is 29.5 Å². The molecule has 0 radical (unpaired) electrons. The average Bonchev–Trinajstić information content (AvgIpc) is 3.57. The Bertz CT molecular complexity index is 1230. The minimum Gasteiger partial charge on any atom is -0.453 e. The van der Waals surface area contributed by atoms with Crippen molar-refractivity contribution in [1.29, 1.82) is 0 Å². The zero-order valence-electron chi connectivity index (χ0n) is 18.8. The van der Waals surface area contributed by atoms with Crippen LogP contribution < -0.4 is 5.56 Å². The summed E-state index contributed by atoms with van der Waals surface area (Å²) in [5.74, 6) is -1.16. The van der Waals surface area contributed by atoms with Crippen LogP contribution in [0.2, 0.25) is 0 Å². The highest BCUT2D eigenvalue weighted by Crippen LogP contribution is 2.43. The molecule has 1 aliphatic carbocycles. The molecule has 1 aromatic heterocycles. The molecule has 9 nitrogen and oxygen atoms in total. The van der Waals surface area contributed by atoms with Gasteiger partial charge in [0.1, 0.15) is 11.8 Å². The Balaban J connectivity index is 1.58. The third kappa shape index (κ3) is 4.44. The summed E-state index contributed by atoms with van der Waals surface area (Å²) in [4.78, 5) is 25.5. The van der Waals surface area contributed by atoms with E-state index in [4.69, 9.17) is 14.2 Å². The molecule has 2 aromatic carbocycles. The number of azo groups is 1. The van der Waals surface area contributed by atoms with Gasteiger partial charge in [0, 0.05) is 19.8 Å². The van der Waals surface area contributed by atoms with Gasteiger partial charge in [0.25, 0.3) is 5.56 Å². The normalized spacial score (nSPS) is 20.2. The number of esters is 1. The van der Waals surface area contributed by atoms with Gasteiger partial charge in [0.2, 0.25) is 0 Å². The molecule has 2 fully saturated rings. The van der Waals surface area contributed by atoms with Crippen LogP contribution in [0.1, 0.15) is 44.4 Å². The summed E-state index contributed by atoms with van der Waals surface area (Å²) in [5, 5.41) is 11.6. The molecule has 9 heteroatoms. The molecule has 2 atom stereocenters. The van der Waals surface area contributed by atoms with E-state index >= 15 is 0 Å². The Morgan fingerprint density at radius 2 is 1.76 bits per heavy atom. The maximum atomic E-state index is 13.4. The zero-order chi connectivity index (χ0) is 23.5. The Morgan fingerprint density at radius 1 is 1.09 bits per heavy atom. The van der Waals surface area contributed by atoms with Crippen molar-refractivity contribution >= 4 is 17.3 Å². The molecular formula is C25H26N4O5. The summed E-state index contributed by atoms with van der Waals surface area (Å²) in [6.07, 6.45) is 2.11. The van der Waals surface area contributed by atoms with Gasteiger partial charge in [0.15, 0.2) is 17.6 Å². The van der Waals surface area contributed by atoms with Crippen molar-refractivity contribution in [3.63, 3.8) is 0 Å². The molecule has 1 saturated carbocycles. The molecule has 176 valence electrons. The minimum absolute atomic E-state index is 0.0509. The smallest absolute Gasteiger partial charge is 0.303 e. The standard InChI is InChI=1S/C25H26N4O5/c1-17(30)33-23(20-16-32-25(34-20)14-8-9-15-25)21-22(27-26-18-10-4-2-5-11-18)24(31)29(28-21)19-12-6-3-7-13-19/h2-7,10-13,20,23,28H,8-9,14-16H2,1H3/t20-,23-/m1/s1. The molecule has 0 bridgehead atoms. The highest BCUT2D eigenvalue weighted by Gasteiger charge is 2.48. The van der Waals surface area contributed by atoms with Crippen LogP contribution in [0.4, 0.5) is 11.4 Å². The quantitative estimate of drug-likeness (QED) is 0.415. The monoisotopic (exact) mass is 462 g/mol. The van der Waals surface area contributed by atoms with Gasteiger partial charge < -0.3 is 14.2 Å². The summed E-state index contributed by atoms with van der Waals surface area (Å²) in [7, 11) is 0. The molecule has 1 spiro atoms. The molecule has 2 aliphatic rings. The van der Waals surface area contributed by atoms with E-state index in [0.717, 1.165) is 25.7 Å². The first-order chi connectivity index (χ1) is 16.5. The topological polar surface area (TPSA) is 107 Å². The fourth-order valence-electron chi connectivity index (χ4n) is 4.50. The van der Waals surface area contributed by atoms with Crippen LogP contribution in [0.3, 0.4) is 0 Å². The summed E-state index contributed by atoms with van der Waals surface area (Å²) in [6.45, 7) is 1.57. The molecule has 2 heterocycles. The van der Waals surface area contributed by atoms with Crippen LogP contribution in [-0.4, -0.2) is 34.2 Å². The van der Waals surface area contributed by atoms with Crippen LogP contribution >= 0.6 is 0 Å². The second kappa shape index (κ2) is 9.36. The van der Waals surface area contributed by atoms with E-state index in [1.165, 1.54) is 11.6 Å². The van der Waals surface area contributed by atoms with Gasteiger partial charge in [-0.15, -0.1) is 5.11 Å². The van der Waals surface area contributed by atoms with Crippen LogP contribution in [0.5, 0.6) is 0 Å². The summed E-state index contributed by atoms with van der Waals surface area (Å²) in [5.41, 5.74) is 1.16. The van der Waals surface area contributed by atoms with Gasteiger partial charge in [-0.3, -0.25) is 14.7 Å². The molecule has 1 saturated heterocycles. The number of carbonyl (C=O) groups is 1. The number of aromatic amines is 1. The van der Waals surface area contributed by atoms with Crippen LogP contribution in [0.15, 0.2) is 75.7 Å². The second-order valence-electron chi connectivity index (χ2n) is 8.50. The Hall–Kier alpha value is -3.56. The predicted octanol–water partition coefficient (Wildman–Crippen LogP) is 4.87. The number of nitrogens with one attached hydrogen (secondary N) is 1. The first-order valence-electron chi connectivity index (χ1n) is 11.4. The van der Waals surface area contributed by atoms with Gasteiger partial charge >= 0.3 is 5.97 Å². The van der Waals surface area contributed by atoms with Crippen LogP contribution in [0.25, 0.3) is 5.69 Å². The Morgan fingerprint density at radius 3 is 2.44 bits per heavy atom. The van der Waals surface area contributed by atoms with Gasteiger partial charge in [-0.2, -0.15) is 5.11 Å². The van der Waals surface area contributed by atoms with Crippen LogP contribution in [-0.2, 0) is 19.0 Å². The Kier molecular flexibility index (Phi) is 6.12. The number of ether oxygens (including phenoxy) is 3. The van der Waals surface area contributed by atoms with E-state index in [2.05, 4.69) is 15.3 Å². The molecule has 1 N–H and O–H groups in total. The van der Waals surface area contributed by atoms with Gasteiger partial charge in [0.05, 0.1) is 18.0 Å². The van der Waals surface area contributed by atoms with E-state index in [1.807, 2.05) is 36.4 Å². The first kappa shape index (κ1) is 22.2. The second-order valence-corrected chi connectivity index (χ2v) is 8.50. The SMILES string of the molecule is CC(=O)O[C@@H](c1[nH]n(-c2ccccc2)c(=O)c1N=Nc1ccccc1)[C@H]1COC2(CCCC2)O1. The number of rotatable bonds is 6. The van der Waals surface area contributed by atoms with Crippen molar-refractivity contribution in [3.8, 4) is 5.69 Å². The molecular weight excluding hydrogens is 436 g/mol. The highest BCUT2D eigenvalue weighted by molar-refractivity contribution is 5.66. The maximum Gasteiger partial charge on any atom is 0.303 e. The van der Waals surface area contributed by atoms with Crippen molar-refractivity contribution in [2.75, 3.05) is 6.61 Å². The first-order valence-corrected chi connectivity index (χ1v) is 11.4. The van der Waals surface area contributed by atoms with Crippen molar-refractivity contribution in [2.24, 2.45) is 10.2 Å². The number of H-pyrrole nitrogens is 1. The largest absolute Gasteiger partial charge is 0.453 e. The van der Waals surface area contributed by atoms with E-state index in [9.17, 15) is 9.59 Å². The lowest BCUT2D eigenvalue weighted by Crippen LogP contribution is -2.30. The van der Waals surface area contributed by atoms with E-state index in [-0.39, 0.29) is 12.3 Å². The van der Waals surface area contributed by atoms with Crippen molar-refractivity contribution in [2.45, 2.75) is 50.6 Å². The number of nitrogens with zero attached hydrogens (tertiary/aromatic N) is 3.